The first-order chi connectivity index (χ1) is 6.97. The topological polar surface area (TPSA) is 102 Å². The molecule has 0 bridgehead atoms. The summed E-state index contributed by atoms with van der Waals surface area (Å²) in [5.74, 6) is -1.13. The van der Waals surface area contributed by atoms with Crippen LogP contribution < -0.4 is 11.5 Å². The van der Waals surface area contributed by atoms with Gasteiger partial charge in [-0.05, 0) is 12.8 Å². The summed E-state index contributed by atoms with van der Waals surface area (Å²) in [6.07, 6.45) is 0.732. The number of amidine groups is 1. The number of halogens is 1. The SMILES string of the molecule is C=C(CCC(N)C(=O)O)CN=C(N)CF. The van der Waals surface area contributed by atoms with Gasteiger partial charge in [0.2, 0.25) is 0 Å². The molecule has 0 aliphatic rings. The summed E-state index contributed by atoms with van der Waals surface area (Å²) in [5.41, 5.74) is 11.1. The summed E-state index contributed by atoms with van der Waals surface area (Å²) < 4.78 is 11.9. The van der Waals surface area contributed by atoms with Crippen LogP contribution in [0.15, 0.2) is 17.1 Å². The zero-order valence-corrected chi connectivity index (χ0v) is 8.45. The number of carbonyl (C=O) groups is 1. The van der Waals surface area contributed by atoms with Crippen LogP contribution in [0, 0.1) is 0 Å². The maximum atomic E-state index is 11.9. The number of rotatable bonds is 7. The number of carboxylic acid groups (broad SMARTS) is 1. The van der Waals surface area contributed by atoms with Crippen molar-refractivity contribution in [1.82, 2.24) is 0 Å². The summed E-state index contributed by atoms with van der Waals surface area (Å²) in [4.78, 5) is 14.1. The van der Waals surface area contributed by atoms with E-state index in [1.807, 2.05) is 0 Å². The monoisotopic (exact) mass is 217 g/mol. The van der Waals surface area contributed by atoms with Crippen LogP contribution in [0.2, 0.25) is 0 Å². The van der Waals surface area contributed by atoms with Crippen molar-refractivity contribution in [2.75, 3.05) is 13.2 Å². The zero-order valence-electron chi connectivity index (χ0n) is 8.45. The number of alkyl halides is 1. The van der Waals surface area contributed by atoms with Crippen molar-refractivity contribution in [1.29, 1.82) is 0 Å². The van der Waals surface area contributed by atoms with E-state index < -0.39 is 18.7 Å². The highest BCUT2D eigenvalue weighted by Gasteiger charge is 2.10. The second kappa shape index (κ2) is 6.94. The Morgan fingerprint density at radius 3 is 2.67 bits per heavy atom. The van der Waals surface area contributed by atoms with Gasteiger partial charge in [0.25, 0.3) is 0 Å². The lowest BCUT2D eigenvalue weighted by molar-refractivity contribution is -0.138. The van der Waals surface area contributed by atoms with Crippen molar-refractivity contribution < 1.29 is 14.3 Å². The molecule has 5 nitrogen and oxygen atoms in total. The molecular formula is C9H16FN3O2. The molecule has 5 N–H and O–H groups in total. The van der Waals surface area contributed by atoms with Gasteiger partial charge in [-0.2, -0.15) is 0 Å². The molecule has 0 aromatic carbocycles. The molecule has 86 valence electrons. The summed E-state index contributed by atoms with van der Waals surface area (Å²) in [5, 5.41) is 8.50. The Labute approximate surface area is 87.7 Å². The molecule has 0 spiro atoms. The molecule has 1 unspecified atom stereocenters. The fourth-order valence-electron chi connectivity index (χ4n) is 0.818. The normalized spacial score (nSPS) is 13.6. The quantitative estimate of drug-likeness (QED) is 0.319. The highest BCUT2D eigenvalue weighted by Crippen LogP contribution is 2.05. The molecule has 0 heterocycles. The lowest BCUT2D eigenvalue weighted by Gasteiger charge is -2.06. The molecule has 0 aromatic rings. The molecule has 0 radical (unpaired) electrons. The van der Waals surface area contributed by atoms with Crippen molar-refractivity contribution in [3.8, 4) is 0 Å². The van der Waals surface area contributed by atoms with E-state index in [4.69, 9.17) is 16.6 Å². The fourth-order valence-corrected chi connectivity index (χ4v) is 0.818. The molecular weight excluding hydrogens is 201 g/mol. The van der Waals surface area contributed by atoms with Gasteiger partial charge in [0.05, 0.1) is 6.54 Å². The van der Waals surface area contributed by atoms with Gasteiger partial charge in [0.15, 0.2) is 0 Å². The Balaban J connectivity index is 3.81. The van der Waals surface area contributed by atoms with Gasteiger partial charge in [0.1, 0.15) is 18.6 Å². The maximum Gasteiger partial charge on any atom is 0.320 e. The first-order valence-electron chi connectivity index (χ1n) is 4.47. The molecule has 0 rings (SSSR count). The second-order valence-corrected chi connectivity index (χ2v) is 3.17. The molecule has 0 saturated carbocycles. The predicted octanol–water partition coefficient (Wildman–Crippen LogP) is 0.0614. The largest absolute Gasteiger partial charge is 0.480 e. The Kier molecular flexibility index (Phi) is 6.28. The molecule has 0 fully saturated rings. The van der Waals surface area contributed by atoms with Crippen LogP contribution in [0.3, 0.4) is 0 Å². The van der Waals surface area contributed by atoms with Crippen molar-refractivity contribution in [2.24, 2.45) is 16.5 Å². The molecule has 15 heavy (non-hydrogen) atoms. The van der Waals surface area contributed by atoms with Crippen LogP contribution in [0.5, 0.6) is 0 Å². The lowest BCUT2D eigenvalue weighted by atomic mass is 10.1. The molecule has 1 atom stereocenters. The summed E-state index contributed by atoms with van der Waals surface area (Å²) >= 11 is 0. The van der Waals surface area contributed by atoms with Crippen LogP contribution in [-0.4, -0.2) is 36.2 Å². The van der Waals surface area contributed by atoms with E-state index in [2.05, 4.69) is 11.6 Å². The van der Waals surface area contributed by atoms with Gasteiger partial charge >= 0.3 is 5.97 Å². The van der Waals surface area contributed by atoms with E-state index in [0.29, 0.717) is 18.4 Å². The van der Waals surface area contributed by atoms with Crippen molar-refractivity contribution in [3.63, 3.8) is 0 Å². The minimum Gasteiger partial charge on any atom is -0.480 e. The van der Waals surface area contributed by atoms with Crippen LogP contribution in [-0.2, 0) is 4.79 Å². The lowest BCUT2D eigenvalue weighted by Crippen LogP contribution is -2.29. The molecule has 0 aliphatic carbocycles. The smallest absolute Gasteiger partial charge is 0.320 e. The van der Waals surface area contributed by atoms with Crippen LogP contribution in [0.1, 0.15) is 12.8 Å². The Bertz CT molecular complexity index is 266. The molecule has 0 aromatic heterocycles. The van der Waals surface area contributed by atoms with Gasteiger partial charge in [-0.25, -0.2) is 4.39 Å². The summed E-state index contributed by atoms with van der Waals surface area (Å²) in [6, 6.07) is -0.899. The highest BCUT2D eigenvalue weighted by atomic mass is 19.1. The molecule has 6 heteroatoms. The van der Waals surface area contributed by atoms with Gasteiger partial charge in [-0.15, -0.1) is 0 Å². The van der Waals surface area contributed by atoms with E-state index in [1.54, 1.807) is 0 Å². The first-order valence-corrected chi connectivity index (χ1v) is 4.47. The zero-order chi connectivity index (χ0) is 11.8. The third kappa shape index (κ3) is 6.62. The van der Waals surface area contributed by atoms with E-state index in [9.17, 15) is 9.18 Å². The average molecular weight is 217 g/mol. The fraction of sp³-hybridized carbons (Fsp3) is 0.556. The van der Waals surface area contributed by atoms with E-state index >= 15 is 0 Å². The first kappa shape index (κ1) is 13.6. The van der Waals surface area contributed by atoms with Crippen LogP contribution >= 0.6 is 0 Å². The van der Waals surface area contributed by atoms with E-state index in [-0.39, 0.29) is 12.4 Å². The number of nitrogens with two attached hydrogens (primary N) is 2. The summed E-state index contributed by atoms with van der Waals surface area (Å²) in [6.45, 7) is 3.08. The Morgan fingerprint density at radius 1 is 1.60 bits per heavy atom. The Hall–Kier alpha value is -1.43. The number of hydrogen-bond donors (Lipinski definition) is 3. The minimum atomic E-state index is -1.05. The molecule has 0 amide bonds. The highest BCUT2D eigenvalue weighted by molar-refractivity contribution is 5.81. The number of aliphatic imine (C=N–C) groups is 1. The Morgan fingerprint density at radius 2 is 2.20 bits per heavy atom. The van der Waals surface area contributed by atoms with Crippen molar-refractivity contribution in [2.45, 2.75) is 18.9 Å². The van der Waals surface area contributed by atoms with E-state index in [0.717, 1.165) is 0 Å². The number of aliphatic carboxylic acids is 1. The van der Waals surface area contributed by atoms with Crippen LogP contribution in [0.25, 0.3) is 0 Å². The second-order valence-electron chi connectivity index (χ2n) is 3.17. The predicted molar refractivity (Wildman–Crippen MR) is 56.4 cm³/mol. The average Bonchev–Trinajstić information content (AvgIpc) is 2.21. The van der Waals surface area contributed by atoms with Gasteiger partial charge in [0, 0.05) is 0 Å². The van der Waals surface area contributed by atoms with Crippen LogP contribution in [0.4, 0.5) is 4.39 Å². The van der Waals surface area contributed by atoms with Gasteiger partial charge < -0.3 is 16.6 Å². The number of carboxylic acids is 1. The number of nitrogens with zero attached hydrogens (tertiary/aromatic N) is 1. The van der Waals surface area contributed by atoms with Gasteiger partial charge in [-0.1, -0.05) is 12.2 Å². The van der Waals surface area contributed by atoms with E-state index in [1.165, 1.54) is 0 Å². The molecule has 0 saturated heterocycles. The third-order valence-corrected chi connectivity index (χ3v) is 1.77. The standard InChI is InChI=1S/C9H16FN3O2/c1-6(5-13-8(12)4-10)2-3-7(11)9(14)15/h7H,1-5,11H2,(H2,12,13)(H,14,15). The van der Waals surface area contributed by atoms with Gasteiger partial charge in [-0.3, -0.25) is 9.79 Å². The van der Waals surface area contributed by atoms with Crippen molar-refractivity contribution >= 4 is 11.8 Å². The summed E-state index contributed by atoms with van der Waals surface area (Å²) in [7, 11) is 0. The van der Waals surface area contributed by atoms with Crippen molar-refractivity contribution in [3.05, 3.63) is 12.2 Å². The molecule has 0 aliphatic heterocycles. The minimum absolute atomic E-state index is 0.0846. The maximum absolute atomic E-state index is 11.9. The third-order valence-electron chi connectivity index (χ3n) is 1.77. The number of hydrogen-bond acceptors (Lipinski definition) is 3.